The lowest BCUT2D eigenvalue weighted by molar-refractivity contribution is 0.176. The van der Waals surface area contributed by atoms with Crippen LogP contribution in [0.2, 0.25) is 0 Å². The first-order valence-electron chi connectivity index (χ1n) is 2.39. The molecular weight excluding hydrogens is 120 g/mol. The van der Waals surface area contributed by atoms with Crippen molar-refractivity contribution in [3.05, 3.63) is 0 Å². The van der Waals surface area contributed by atoms with E-state index in [1.54, 1.807) is 6.92 Å². The summed E-state index contributed by atoms with van der Waals surface area (Å²) >= 11 is 0. The summed E-state index contributed by atoms with van der Waals surface area (Å²) in [6.07, 6.45) is 0.404. The van der Waals surface area contributed by atoms with Crippen molar-refractivity contribution in [3.8, 4) is 0 Å². The summed E-state index contributed by atoms with van der Waals surface area (Å²) in [6, 6.07) is 0. The maximum absolute atomic E-state index is 11.1. The van der Waals surface area contributed by atoms with Gasteiger partial charge >= 0.3 is 7.18 Å². The topological polar surface area (TPSA) is 9.23 Å². The van der Waals surface area contributed by atoms with Gasteiger partial charge in [0.1, 0.15) is 0 Å². The Kier molecular flexibility index (Phi) is 2.90. The minimum absolute atomic E-state index is 0.219. The Morgan fingerprint density at radius 1 is 1.38 bits per heavy atom. The minimum Gasteiger partial charge on any atom is -0.508 e. The minimum atomic E-state index is -5.00. The summed E-state index contributed by atoms with van der Waals surface area (Å²) in [7, 11) is -5.00. The third kappa shape index (κ3) is 5.81. The molecule has 0 saturated heterocycles. The zero-order valence-corrected chi connectivity index (χ0v) is 4.53. The van der Waals surface area contributed by atoms with Crippen LogP contribution in [-0.4, -0.2) is 13.8 Å². The van der Waals surface area contributed by atoms with Gasteiger partial charge in [-0.05, 0) is 6.42 Å². The van der Waals surface area contributed by atoms with Gasteiger partial charge in [0.2, 0.25) is 0 Å². The third-order valence-electron chi connectivity index (χ3n) is 0.511. The van der Waals surface area contributed by atoms with E-state index < -0.39 is 7.18 Å². The van der Waals surface area contributed by atoms with E-state index in [-0.39, 0.29) is 6.61 Å². The summed E-state index contributed by atoms with van der Waals surface area (Å²) < 4.78 is 36.7. The molecule has 50 valence electrons. The molecule has 0 fully saturated rings. The fourth-order valence-corrected chi connectivity index (χ4v) is 0.251. The van der Waals surface area contributed by atoms with Crippen LogP contribution < -0.4 is 0 Å². The second-order valence-electron chi connectivity index (χ2n) is 1.39. The lowest BCUT2D eigenvalue weighted by Gasteiger charge is -2.14. The highest BCUT2D eigenvalue weighted by Gasteiger charge is 2.24. The predicted octanol–water partition coefficient (Wildman–Crippen LogP) is 1.76. The van der Waals surface area contributed by atoms with E-state index in [1.807, 2.05) is 0 Å². The summed E-state index contributed by atoms with van der Waals surface area (Å²) in [4.78, 5) is 0. The molecule has 0 bridgehead atoms. The third-order valence-corrected chi connectivity index (χ3v) is 0.511. The summed E-state index contributed by atoms with van der Waals surface area (Å²) in [5.41, 5.74) is 0. The summed E-state index contributed by atoms with van der Waals surface area (Å²) in [5, 5.41) is 0. The van der Waals surface area contributed by atoms with Gasteiger partial charge in [0, 0.05) is 6.61 Å². The molecule has 0 aliphatic rings. The first-order valence-corrected chi connectivity index (χ1v) is 2.39. The molecule has 0 unspecified atom stereocenters. The Hall–Kier alpha value is -0.185. The molecule has 0 aliphatic carbocycles. The van der Waals surface area contributed by atoms with Crippen LogP contribution in [0.25, 0.3) is 0 Å². The molecule has 0 aliphatic heterocycles. The normalized spacial score (nSPS) is 12.0. The Labute approximate surface area is 45.9 Å². The quantitative estimate of drug-likeness (QED) is 0.524. The van der Waals surface area contributed by atoms with Gasteiger partial charge < -0.3 is 17.6 Å². The van der Waals surface area contributed by atoms with Crippen molar-refractivity contribution in [2.24, 2.45) is 0 Å². The molecular formula is C3H7BF3O-. The molecule has 0 N–H and O–H groups in total. The van der Waals surface area contributed by atoms with Crippen LogP contribution in [0.1, 0.15) is 13.3 Å². The molecule has 0 heterocycles. The van der Waals surface area contributed by atoms with Crippen molar-refractivity contribution in [3.63, 3.8) is 0 Å². The molecule has 0 aromatic carbocycles. The van der Waals surface area contributed by atoms with Crippen LogP contribution in [0.3, 0.4) is 0 Å². The second-order valence-corrected chi connectivity index (χ2v) is 1.39. The van der Waals surface area contributed by atoms with E-state index >= 15 is 0 Å². The van der Waals surface area contributed by atoms with E-state index in [0.29, 0.717) is 6.42 Å². The molecule has 5 heteroatoms. The van der Waals surface area contributed by atoms with Gasteiger partial charge in [-0.25, -0.2) is 0 Å². The van der Waals surface area contributed by atoms with Crippen LogP contribution in [0, 0.1) is 0 Å². The highest BCUT2D eigenvalue weighted by atomic mass is 19.4. The average Bonchev–Trinajstić information content (AvgIpc) is 1.59. The lowest BCUT2D eigenvalue weighted by atomic mass is 10.3. The standard InChI is InChI=1S/C3H7BF3O/c1-2-3-8-4(5,6)7/h2-3H2,1H3/q-1. The van der Waals surface area contributed by atoms with E-state index in [1.165, 1.54) is 0 Å². The molecule has 0 spiro atoms. The van der Waals surface area contributed by atoms with Crippen molar-refractivity contribution in [1.82, 2.24) is 0 Å². The fraction of sp³-hybridized carbons (Fsp3) is 1.00. The van der Waals surface area contributed by atoms with Gasteiger partial charge in [-0.2, -0.15) is 0 Å². The van der Waals surface area contributed by atoms with Gasteiger partial charge in [0.15, 0.2) is 0 Å². The molecule has 0 radical (unpaired) electrons. The Balaban J connectivity index is 3.11. The zero-order chi connectivity index (χ0) is 6.62. The summed E-state index contributed by atoms with van der Waals surface area (Å²) in [5.74, 6) is 0. The van der Waals surface area contributed by atoms with E-state index in [4.69, 9.17) is 0 Å². The first-order chi connectivity index (χ1) is 3.56. The molecule has 0 saturated carbocycles. The Bertz CT molecular complexity index is 62.0. The van der Waals surface area contributed by atoms with Crippen LogP contribution in [0.15, 0.2) is 0 Å². The average molecular weight is 127 g/mol. The molecule has 0 rings (SSSR count). The highest BCUT2D eigenvalue weighted by Crippen LogP contribution is 2.09. The van der Waals surface area contributed by atoms with Crippen molar-refractivity contribution >= 4 is 7.18 Å². The zero-order valence-electron chi connectivity index (χ0n) is 4.53. The van der Waals surface area contributed by atoms with E-state index in [2.05, 4.69) is 4.65 Å². The molecule has 0 aromatic rings. The van der Waals surface area contributed by atoms with Crippen molar-refractivity contribution in [2.45, 2.75) is 13.3 Å². The molecule has 0 aromatic heterocycles. The van der Waals surface area contributed by atoms with Gasteiger partial charge in [0.25, 0.3) is 0 Å². The Morgan fingerprint density at radius 2 is 1.88 bits per heavy atom. The molecule has 0 amide bonds. The molecule has 8 heavy (non-hydrogen) atoms. The monoisotopic (exact) mass is 127 g/mol. The lowest BCUT2D eigenvalue weighted by Crippen LogP contribution is -2.21. The van der Waals surface area contributed by atoms with Crippen LogP contribution in [0.5, 0.6) is 0 Å². The van der Waals surface area contributed by atoms with Crippen LogP contribution >= 0.6 is 0 Å². The smallest absolute Gasteiger partial charge is 0.508 e. The van der Waals surface area contributed by atoms with Crippen molar-refractivity contribution in [1.29, 1.82) is 0 Å². The van der Waals surface area contributed by atoms with Crippen molar-refractivity contribution < 1.29 is 17.6 Å². The maximum atomic E-state index is 11.1. The summed E-state index contributed by atoms with van der Waals surface area (Å²) in [6.45, 7) is 1.41. The largest absolute Gasteiger partial charge is 0.637 e. The van der Waals surface area contributed by atoms with E-state index in [9.17, 15) is 12.9 Å². The second kappa shape index (κ2) is 2.97. The highest BCUT2D eigenvalue weighted by molar-refractivity contribution is 6.51. The SMILES string of the molecule is CCCO[B-](F)(F)F. The number of rotatable bonds is 3. The Morgan fingerprint density at radius 3 is 2.00 bits per heavy atom. The first kappa shape index (κ1) is 7.81. The predicted molar refractivity (Wildman–Crippen MR) is 25.3 cm³/mol. The molecule has 0 atom stereocenters. The van der Waals surface area contributed by atoms with Crippen LogP contribution in [-0.2, 0) is 4.65 Å². The van der Waals surface area contributed by atoms with Gasteiger partial charge in [0.05, 0.1) is 0 Å². The van der Waals surface area contributed by atoms with Crippen molar-refractivity contribution in [2.75, 3.05) is 6.61 Å². The number of halogens is 3. The van der Waals surface area contributed by atoms with Gasteiger partial charge in [-0.3, -0.25) is 0 Å². The molecule has 1 nitrogen and oxygen atoms in total. The number of hydrogen-bond donors (Lipinski definition) is 0. The number of hydrogen-bond acceptors (Lipinski definition) is 1. The van der Waals surface area contributed by atoms with Crippen LogP contribution in [0.4, 0.5) is 12.9 Å². The maximum Gasteiger partial charge on any atom is 0.637 e. The fourth-order valence-electron chi connectivity index (χ4n) is 0.251. The van der Waals surface area contributed by atoms with E-state index in [0.717, 1.165) is 0 Å². The van der Waals surface area contributed by atoms with Gasteiger partial charge in [-0.15, -0.1) is 0 Å². The van der Waals surface area contributed by atoms with Gasteiger partial charge in [-0.1, -0.05) is 6.92 Å².